The summed E-state index contributed by atoms with van der Waals surface area (Å²) in [5.41, 5.74) is -0.194. The third-order valence-corrected chi connectivity index (χ3v) is 3.96. The van der Waals surface area contributed by atoms with Crippen molar-refractivity contribution in [2.24, 2.45) is 0 Å². The van der Waals surface area contributed by atoms with E-state index in [1.165, 1.54) is 30.3 Å². The molecule has 6 heteroatoms. The van der Waals surface area contributed by atoms with Crippen LogP contribution in [0.5, 0.6) is 0 Å². The second kappa shape index (κ2) is 4.52. The first-order valence-electron chi connectivity index (χ1n) is 5.48. The molecule has 0 atom stereocenters. The summed E-state index contributed by atoms with van der Waals surface area (Å²) in [4.78, 5) is 0.0902. The Hall–Kier alpha value is -1.56. The van der Waals surface area contributed by atoms with E-state index in [1.807, 2.05) is 0 Å². The normalized spacial score (nSPS) is 16.2. The average molecular weight is 288 g/mol. The van der Waals surface area contributed by atoms with Crippen molar-refractivity contribution in [3.8, 4) is 0 Å². The van der Waals surface area contributed by atoms with E-state index in [4.69, 9.17) is 0 Å². The largest absolute Gasteiger partial charge is 0.416 e. The molecule has 0 aliphatic heterocycles. The smallest absolute Gasteiger partial charge is 0.224 e. The van der Waals surface area contributed by atoms with Gasteiger partial charge in [-0.15, -0.1) is 0 Å². The predicted molar refractivity (Wildman–Crippen MR) is 66.3 cm³/mol. The SMILES string of the molecule is CS(=O)(=O)c1ccc(C2=CCC=C2C(F)(F)F)cc1. The average Bonchev–Trinajstić information content (AvgIpc) is 2.76. The molecule has 2 rings (SSSR count). The van der Waals surface area contributed by atoms with Crippen LogP contribution < -0.4 is 0 Å². The van der Waals surface area contributed by atoms with Crippen LogP contribution in [0.1, 0.15) is 12.0 Å². The van der Waals surface area contributed by atoms with E-state index in [-0.39, 0.29) is 16.9 Å². The highest BCUT2D eigenvalue weighted by Crippen LogP contribution is 2.40. The zero-order chi connectivity index (χ0) is 14.3. The maximum atomic E-state index is 12.8. The molecule has 1 aromatic carbocycles. The van der Waals surface area contributed by atoms with Crippen molar-refractivity contribution < 1.29 is 21.6 Å². The quantitative estimate of drug-likeness (QED) is 0.836. The van der Waals surface area contributed by atoms with E-state index >= 15 is 0 Å². The Labute approximate surface area is 109 Å². The molecule has 0 radical (unpaired) electrons. The lowest BCUT2D eigenvalue weighted by Gasteiger charge is -2.12. The number of hydrogen-bond acceptors (Lipinski definition) is 2. The van der Waals surface area contributed by atoms with Gasteiger partial charge in [-0.05, 0) is 29.7 Å². The van der Waals surface area contributed by atoms with Crippen LogP contribution in [0.25, 0.3) is 5.57 Å². The molecule has 1 aromatic rings. The lowest BCUT2D eigenvalue weighted by Crippen LogP contribution is -2.12. The van der Waals surface area contributed by atoms with E-state index < -0.39 is 21.6 Å². The third-order valence-electron chi connectivity index (χ3n) is 2.83. The molecule has 2 nitrogen and oxygen atoms in total. The van der Waals surface area contributed by atoms with Crippen LogP contribution in [0.4, 0.5) is 13.2 Å². The van der Waals surface area contributed by atoms with Crippen LogP contribution >= 0.6 is 0 Å². The van der Waals surface area contributed by atoms with Gasteiger partial charge in [-0.2, -0.15) is 13.2 Å². The van der Waals surface area contributed by atoms with Crippen LogP contribution in [0.15, 0.2) is 46.9 Å². The summed E-state index contributed by atoms with van der Waals surface area (Å²) in [6.45, 7) is 0. The Morgan fingerprint density at radius 1 is 1.05 bits per heavy atom. The highest BCUT2D eigenvalue weighted by atomic mass is 32.2. The topological polar surface area (TPSA) is 34.1 Å². The zero-order valence-electron chi connectivity index (χ0n) is 10.0. The molecule has 0 N–H and O–H groups in total. The third kappa shape index (κ3) is 2.89. The second-order valence-corrected chi connectivity index (χ2v) is 6.28. The number of rotatable bonds is 2. The lowest BCUT2D eigenvalue weighted by atomic mass is 10.0. The maximum Gasteiger partial charge on any atom is 0.416 e. The molecule has 0 amide bonds. The van der Waals surface area contributed by atoms with Crippen LogP contribution in [-0.4, -0.2) is 20.8 Å². The fourth-order valence-corrected chi connectivity index (χ4v) is 2.57. The fraction of sp³-hybridized carbons (Fsp3) is 0.231. The van der Waals surface area contributed by atoms with Gasteiger partial charge in [0.05, 0.1) is 10.5 Å². The van der Waals surface area contributed by atoms with Crippen molar-refractivity contribution in [3.05, 3.63) is 47.6 Å². The predicted octanol–water partition coefficient (Wildman–Crippen LogP) is 3.37. The first kappa shape index (κ1) is 13.9. The molecule has 0 unspecified atom stereocenters. The molecular formula is C13H11F3O2S. The van der Waals surface area contributed by atoms with Crippen LogP contribution in [0.2, 0.25) is 0 Å². The van der Waals surface area contributed by atoms with Gasteiger partial charge in [0, 0.05) is 6.26 Å². The molecule has 1 aliphatic rings. The van der Waals surface area contributed by atoms with Crippen LogP contribution in [-0.2, 0) is 9.84 Å². The summed E-state index contributed by atoms with van der Waals surface area (Å²) in [5, 5.41) is 0. The van der Waals surface area contributed by atoms with Gasteiger partial charge in [-0.25, -0.2) is 8.42 Å². The van der Waals surface area contributed by atoms with Crippen molar-refractivity contribution in [2.45, 2.75) is 17.5 Å². The number of benzene rings is 1. The minimum atomic E-state index is -4.39. The standard InChI is InChI=1S/C13H11F3O2S/c1-19(17,18)10-7-5-9(6-8-10)11-3-2-4-12(11)13(14,15)16/h3-8H,2H2,1H3. The van der Waals surface area contributed by atoms with Crippen molar-refractivity contribution in [1.82, 2.24) is 0 Å². The number of alkyl halides is 3. The number of hydrogen-bond donors (Lipinski definition) is 0. The minimum Gasteiger partial charge on any atom is -0.224 e. The molecule has 0 aromatic heterocycles. The summed E-state index contributed by atoms with van der Waals surface area (Å²) < 4.78 is 60.8. The van der Waals surface area contributed by atoms with Gasteiger partial charge < -0.3 is 0 Å². The Morgan fingerprint density at radius 2 is 1.63 bits per heavy atom. The molecule has 1 aliphatic carbocycles. The van der Waals surface area contributed by atoms with E-state index in [0.29, 0.717) is 5.56 Å². The van der Waals surface area contributed by atoms with Gasteiger partial charge in [-0.1, -0.05) is 24.3 Å². The van der Waals surface area contributed by atoms with E-state index in [2.05, 4.69) is 0 Å². The number of allylic oxidation sites excluding steroid dienone is 4. The van der Waals surface area contributed by atoms with E-state index in [9.17, 15) is 21.6 Å². The van der Waals surface area contributed by atoms with Gasteiger partial charge in [0.15, 0.2) is 9.84 Å². The van der Waals surface area contributed by atoms with Crippen molar-refractivity contribution >= 4 is 15.4 Å². The molecule has 0 fully saturated rings. The van der Waals surface area contributed by atoms with E-state index in [0.717, 1.165) is 12.3 Å². The van der Waals surface area contributed by atoms with E-state index in [1.54, 1.807) is 0 Å². The molecule has 102 valence electrons. The Bertz CT molecular complexity index is 650. The first-order valence-corrected chi connectivity index (χ1v) is 7.37. The number of sulfone groups is 1. The van der Waals surface area contributed by atoms with Crippen LogP contribution in [0, 0.1) is 0 Å². The van der Waals surface area contributed by atoms with Gasteiger partial charge >= 0.3 is 6.18 Å². The molecule has 0 bridgehead atoms. The highest BCUT2D eigenvalue weighted by Gasteiger charge is 2.37. The summed E-state index contributed by atoms with van der Waals surface area (Å²) >= 11 is 0. The van der Waals surface area contributed by atoms with Crippen molar-refractivity contribution in [3.63, 3.8) is 0 Å². The van der Waals surface area contributed by atoms with Crippen molar-refractivity contribution in [1.29, 1.82) is 0 Å². The Morgan fingerprint density at radius 3 is 2.11 bits per heavy atom. The summed E-state index contributed by atoms with van der Waals surface area (Å²) in [7, 11) is -3.34. The fourth-order valence-electron chi connectivity index (χ4n) is 1.94. The molecule has 19 heavy (non-hydrogen) atoms. The van der Waals surface area contributed by atoms with Gasteiger partial charge in [0.2, 0.25) is 0 Å². The summed E-state index contributed by atoms with van der Waals surface area (Å²) in [6, 6.07) is 5.43. The second-order valence-electron chi connectivity index (χ2n) is 4.27. The molecule has 0 spiro atoms. The monoisotopic (exact) mass is 288 g/mol. The van der Waals surface area contributed by atoms with Gasteiger partial charge in [0.1, 0.15) is 0 Å². The minimum absolute atomic E-state index is 0.0902. The Balaban J connectivity index is 2.37. The molecular weight excluding hydrogens is 277 g/mol. The number of halogens is 3. The molecule has 0 saturated heterocycles. The first-order chi connectivity index (χ1) is 8.69. The summed E-state index contributed by atoms with van der Waals surface area (Å²) in [6.07, 6.45) is -0.494. The lowest BCUT2D eigenvalue weighted by molar-refractivity contribution is -0.0869. The molecule has 0 saturated carbocycles. The highest BCUT2D eigenvalue weighted by molar-refractivity contribution is 7.90. The Kier molecular flexibility index (Phi) is 3.30. The van der Waals surface area contributed by atoms with Crippen molar-refractivity contribution in [2.75, 3.05) is 6.26 Å². The van der Waals surface area contributed by atoms with Crippen LogP contribution in [0.3, 0.4) is 0 Å². The van der Waals surface area contributed by atoms with Gasteiger partial charge in [0.25, 0.3) is 0 Å². The summed E-state index contributed by atoms with van der Waals surface area (Å²) in [5.74, 6) is 0. The maximum absolute atomic E-state index is 12.8. The zero-order valence-corrected chi connectivity index (χ0v) is 10.8. The molecule has 0 heterocycles. The van der Waals surface area contributed by atoms with Gasteiger partial charge in [-0.3, -0.25) is 0 Å².